The van der Waals surface area contributed by atoms with E-state index in [1.54, 1.807) is 31.5 Å². The number of hydrogen-bond acceptors (Lipinski definition) is 5. The van der Waals surface area contributed by atoms with E-state index < -0.39 is 0 Å². The topological polar surface area (TPSA) is 63.7 Å². The Labute approximate surface area is 186 Å². The van der Waals surface area contributed by atoms with Crippen LogP contribution in [-0.2, 0) is 4.74 Å². The lowest BCUT2D eigenvalue weighted by atomic mass is 10.0. The molecular formula is C24H24ClN3O3. The second-order valence-corrected chi connectivity index (χ2v) is 7.67. The summed E-state index contributed by atoms with van der Waals surface area (Å²) in [5.41, 5.74) is 2.85. The van der Waals surface area contributed by atoms with Gasteiger partial charge in [-0.2, -0.15) is 0 Å². The summed E-state index contributed by atoms with van der Waals surface area (Å²) in [5.74, 6) is 1.24. The summed E-state index contributed by atoms with van der Waals surface area (Å²) in [6.45, 7) is 2.04. The Hall–Kier alpha value is -3.09. The molecule has 6 nitrogen and oxygen atoms in total. The zero-order chi connectivity index (χ0) is 21.6. The fourth-order valence-electron chi connectivity index (χ4n) is 3.51. The molecular weight excluding hydrogens is 414 g/mol. The first-order valence-corrected chi connectivity index (χ1v) is 10.6. The Morgan fingerprint density at radius 3 is 2.81 bits per heavy atom. The number of carbonyl (C=O) groups excluding carboxylic acids is 1. The molecule has 0 atom stereocenters. The maximum Gasteiger partial charge on any atom is 0.255 e. The summed E-state index contributed by atoms with van der Waals surface area (Å²) >= 11 is 6.42. The van der Waals surface area contributed by atoms with Crippen molar-refractivity contribution in [3.05, 3.63) is 71.4 Å². The molecule has 7 heteroatoms. The lowest BCUT2D eigenvalue weighted by Gasteiger charge is -2.23. The molecule has 0 spiro atoms. The normalized spacial score (nSPS) is 14.1. The molecule has 1 amide bonds. The number of methoxy groups -OCH3 is 1. The highest BCUT2D eigenvalue weighted by atomic mass is 35.5. The summed E-state index contributed by atoms with van der Waals surface area (Å²) in [6.07, 6.45) is 3.76. The molecule has 1 aliphatic rings. The predicted octanol–water partition coefficient (Wildman–Crippen LogP) is 5.24. The maximum atomic E-state index is 13.1. The van der Waals surface area contributed by atoms with Crippen molar-refractivity contribution >= 4 is 29.0 Å². The zero-order valence-electron chi connectivity index (χ0n) is 17.3. The third kappa shape index (κ3) is 4.98. The summed E-state index contributed by atoms with van der Waals surface area (Å²) in [4.78, 5) is 19.6. The lowest BCUT2D eigenvalue weighted by Crippen LogP contribution is -2.27. The van der Waals surface area contributed by atoms with Gasteiger partial charge in [-0.05, 0) is 60.9 Å². The molecule has 3 aromatic rings. The molecule has 0 saturated carbocycles. The van der Waals surface area contributed by atoms with Crippen LogP contribution >= 0.6 is 11.6 Å². The van der Waals surface area contributed by atoms with E-state index in [1.807, 2.05) is 41.3 Å². The van der Waals surface area contributed by atoms with Crippen molar-refractivity contribution in [3.8, 4) is 16.9 Å². The fourth-order valence-corrected chi connectivity index (χ4v) is 3.74. The van der Waals surface area contributed by atoms with Gasteiger partial charge in [0.05, 0.1) is 12.8 Å². The number of pyridine rings is 1. The lowest BCUT2D eigenvalue weighted by molar-refractivity contribution is 0.102. The van der Waals surface area contributed by atoms with Crippen LogP contribution in [-0.4, -0.2) is 37.9 Å². The number of hydrogen-bond donors (Lipinski definition) is 1. The number of halogens is 1. The number of anilines is 2. The smallest absolute Gasteiger partial charge is 0.255 e. The Bertz CT molecular complexity index is 1050. The van der Waals surface area contributed by atoms with Gasteiger partial charge < -0.3 is 19.7 Å². The van der Waals surface area contributed by atoms with Crippen LogP contribution in [0.1, 0.15) is 23.2 Å². The second kappa shape index (κ2) is 9.81. The van der Waals surface area contributed by atoms with E-state index in [0.29, 0.717) is 28.8 Å². The highest BCUT2D eigenvalue weighted by molar-refractivity contribution is 6.33. The van der Waals surface area contributed by atoms with E-state index in [1.165, 1.54) is 0 Å². The zero-order valence-corrected chi connectivity index (χ0v) is 18.1. The predicted molar refractivity (Wildman–Crippen MR) is 123 cm³/mol. The highest BCUT2D eigenvalue weighted by Gasteiger charge is 2.18. The number of amides is 1. The molecule has 0 bridgehead atoms. The van der Waals surface area contributed by atoms with Crippen LogP contribution in [0, 0.1) is 0 Å². The quantitative estimate of drug-likeness (QED) is 0.591. The minimum Gasteiger partial charge on any atom is -0.497 e. The van der Waals surface area contributed by atoms with Crippen molar-refractivity contribution < 1.29 is 14.3 Å². The molecule has 4 rings (SSSR count). The monoisotopic (exact) mass is 437 g/mol. The van der Waals surface area contributed by atoms with Gasteiger partial charge in [0.25, 0.3) is 5.91 Å². The first kappa shape index (κ1) is 21.2. The molecule has 1 fully saturated rings. The minimum atomic E-state index is -0.226. The van der Waals surface area contributed by atoms with Crippen LogP contribution in [0.3, 0.4) is 0 Å². The Kier molecular flexibility index (Phi) is 6.70. The Balaban J connectivity index is 1.58. The first-order valence-electron chi connectivity index (χ1n) is 10.2. The van der Waals surface area contributed by atoms with E-state index in [9.17, 15) is 4.79 Å². The van der Waals surface area contributed by atoms with E-state index in [2.05, 4.69) is 10.3 Å². The summed E-state index contributed by atoms with van der Waals surface area (Å²) in [5, 5.41) is 3.57. The third-order valence-electron chi connectivity index (χ3n) is 5.18. The van der Waals surface area contributed by atoms with E-state index in [4.69, 9.17) is 21.1 Å². The van der Waals surface area contributed by atoms with E-state index >= 15 is 0 Å². The van der Waals surface area contributed by atoms with Crippen LogP contribution in [0.15, 0.2) is 60.8 Å². The maximum absolute atomic E-state index is 13.1. The summed E-state index contributed by atoms with van der Waals surface area (Å²) in [6, 6.07) is 16.5. The second-order valence-electron chi connectivity index (χ2n) is 7.26. The number of carbonyl (C=O) groups is 1. The Morgan fingerprint density at radius 2 is 2.00 bits per heavy atom. The molecule has 2 heterocycles. The molecule has 1 N–H and O–H groups in total. The number of rotatable bonds is 5. The summed E-state index contributed by atoms with van der Waals surface area (Å²) < 4.78 is 10.9. The van der Waals surface area contributed by atoms with Gasteiger partial charge in [0.2, 0.25) is 0 Å². The fraction of sp³-hybridized carbons (Fsp3) is 0.250. The molecule has 31 heavy (non-hydrogen) atoms. The van der Waals surface area contributed by atoms with Gasteiger partial charge >= 0.3 is 0 Å². The standard InChI is InChI=1S/C24H24ClN3O3/c1-30-19-9-6-17(7-10-19)20-15-18(8-11-21(20)25)24(29)27-22-5-4-12-26-23(22)28-13-2-3-14-31-16-28/h4-12,15H,2-3,13-14,16H2,1H3,(H,27,29). The van der Waals surface area contributed by atoms with Gasteiger partial charge in [-0.1, -0.05) is 23.7 Å². The number of ether oxygens (including phenoxy) is 2. The minimum absolute atomic E-state index is 0.226. The van der Waals surface area contributed by atoms with Gasteiger partial charge in [-0.25, -0.2) is 4.98 Å². The summed E-state index contributed by atoms with van der Waals surface area (Å²) in [7, 11) is 1.62. The molecule has 1 aromatic heterocycles. The number of aromatic nitrogens is 1. The van der Waals surface area contributed by atoms with Gasteiger partial charge in [0.1, 0.15) is 12.5 Å². The molecule has 2 aromatic carbocycles. The first-order chi connectivity index (χ1) is 15.2. The SMILES string of the molecule is COc1ccc(-c2cc(C(=O)Nc3cccnc3N3CCCCOC3)ccc2Cl)cc1. The molecule has 0 unspecified atom stereocenters. The van der Waals surface area contributed by atoms with E-state index in [0.717, 1.165) is 42.9 Å². The molecule has 0 aliphatic carbocycles. The highest BCUT2D eigenvalue weighted by Crippen LogP contribution is 2.31. The van der Waals surface area contributed by atoms with Crippen molar-refractivity contribution in [1.29, 1.82) is 0 Å². The van der Waals surface area contributed by atoms with Crippen molar-refractivity contribution in [3.63, 3.8) is 0 Å². The molecule has 160 valence electrons. The van der Waals surface area contributed by atoms with Crippen LogP contribution in [0.5, 0.6) is 5.75 Å². The van der Waals surface area contributed by atoms with Crippen LogP contribution in [0.25, 0.3) is 11.1 Å². The van der Waals surface area contributed by atoms with Gasteiger partial charge in [-0.3, -0.25) is 4.79 Å². The Morgan fingerprint density at radius 1 is 1.16 bits per heavy atom. The molecule has 0 radical (unpaired) electrons. The van der Waals surface area contributed by atoms with Crippen molar-refractivity contribution in [1.82, 2.24) is 4.98 Å². The number of benzene rings is 2. The van der Waals surface area contributed by atoms with Crippen LogP contribution in [0.4, 0.5) is 11.5 Å². The van der Waals surface area contributed by atoms with Gasteiger partial charge in [-0.15, -0.1) is 0 Å². The van der Waals surface area contributed by atoms with Crippen molar-refractivity contribution in [2.24, 2.45) is 0 Å². The molecule has 1 saturated heterocycles. The van der Waals surface area contributed by atoms with Crippen LogP contribution < -0.4 is 15.0 Å². The van der Waals surface area contributed by atoms with Crippen molar-refractivity contribution in [2.75, 3.05) is 37.2 Å². The molecule has 1 aliphatic heterocycles. The third-order valence-corrected chi connectivity index (χ3v) is 5.51. The van der Waals surface area contributed by atoms with Crippen molar-refractivity contribution in [2.45, 2.75) is 12.8 Å². The van der Waals surface area contributed by atoms with Gasteiger partial charge in [0, 0.05) is 35.5 Å². The van der Waals surface area contributed by atoms with E-state index in [-0.39, 0.29) is 5.91 Å². The average molecular weight is 438 g/mol. The average Bonchev–Trinajstić information content (AvgIpc) is 3.09. The largest absolute Gasteiger partial charge is 0.497 e. The van der Waals surface area contributed by atoms with Gasteiger partial charge in [0.15, 0.2) is 5.82 Å². The number of nitrogens with one attached hydrogen (secondary N) is 1. The number of nitrogens with zero attached hydrogens (tertiary/aromatic N) is 2. The van der Waals surface area contributed by atoms with Crippen LogP contribution in [0.2, 0.25) is 5.02 Å².